The van der Waals surface area contributed by atoms with Gasteiger partial charge in [0.25, 0.3) is 0 Å². The third-order valence-electron chi connectivity index (χ3n) is 4.50. The normalized spacial score (nSPS) is 15.7. The van der Waals surface area contributed by atoms with Gasteiger partial charge in [-0.2, -0.15) is 4.98 Å². The quantitative estimate of drug-likeness (QED) is 0.787. The van der Waals surface area contributed by atoms with Gasteiger partial charge in [0, 0.05) is 30.6 Å². The molecule has 146 valence electrons. The van der Waals surface area contributed by atoms with Crippen molar-refractivity contribution in [3.8, 4) is 17.1 Å². The first-order valence-electron chi connectivity index (χ1n) is 9.20. The van der Waals surface area contributed by atoms with Crippen molar-refractivity contribution in [3.63, 3.8) is 0 Å². The Bertz CT molecular complexity index is 783. The summed E-state index contributed by atoms with van der Waals surface area (Å²) in [6.07, 6.45) is 1.93. The van der Waals surface area contributed by atoms with Crippen LogP contribution in [0.1, 0.15) is 33.6 Å². The molecule has 1 saturated heterocycles. The number of phenolic OH excluding ortho intramolecular Hbond substituents is 1. The molecule has 2 N–H and O–H groups in total. The van der Waals surface area contributed by atoms with Crippen molar-refractivity contribution < 1.29 is 14.6 Å². The van der Waals surface area contributed by atoms with Crippen LogP contribution in [0.25, 0.3) is 11.4 Å². The number of thioether (sulfide) groups is 1. The molecule has 2 heterocycles. The average Bonchev–Trinajstić information content (AvgIpc) is 3.05. The van der Waals surface area contributed by atoms with Gasteiger partial charge in [-0.05, 0) is 57.9 Å². The number of amides is 1. The van der Waals surface area contributed by atoms with Gasteiger partial charge in [0.05, 0.1) is 4.75 Å². The highest BCUT2D eigenvalue weighted by molar-refractivity contribution is 8.02. The SMILES string of the molecule is CCn1nc(NC(=O)C(C)(C)SC2CCOCC2)nc1-c1ccc(O)cc1. The molecule has 0 spiro atoms. The van der Waals surface area contributed by atoms with Crippen LogP contribution in [0.3, 0.4) is 0 Å². The van der Waals surface area contributed by atoms with Crippen LogP contribution in [0.2, 0.25) is 0 Å². The van der Waals surface area contributed by atoms with Crippen molar-refractivity contribution >= 4 is 23.6 Å². The number of ether oxygens (including phenoxy) is 1. The molecule has 0 atom stereocenters. The number of rotatable bonds is 6. The number of aromatic nitrogens is 3. The lowest BCUT2D eigenvalue weighted by Gasteiger charge is -2.30. The molecule has 0 bridgehead atoms. The predicted molar refractivity (Wildman–Crippen MR) is 107 cm³/mol. The summed E-state index contributed by atoms with van der Waals surface area (Å²) in [5.74, 6) is 1.04. The first-order chi connectivity index (χ1) is 12.9. The summed E-state index contributed by atoms with van der Waals surface area (Å²) in [6, 6.07) is 6.77. The molecular formula is C19H26N4O3S. The van der Waals surface area contributed by atoms with Gasteiger partial charge < -0.3 is 9.84 Å². The second kappa shape index (κ2) is 8.31. The highest BCUT2D eigenvalue weighted by atomic mass is 32.2. The van der Waals surface area contributed by atoms with E-state index in [-0.39, 0.29) is 11.7 Å². The zero-order chi connectivity index (χ0) is 19.4. The lowest BCUT2D eigenvalue weighted by Crippen LogP contribution is -2.37. The number of hydrogen-bond donors (Lipinski definition) is 2. The van der Waals surface area contributed by atoms with Gasteiger partial charge in [-0.25, -0.2) is 4.68 Å². The first kappa shape index (κ1) is 19.7. The van der Waals surface area contributed by atoms with E-state index < -0.39 is 4.75 Å². The van der Waals surface area contributed by atoms with E-state index in [0.717, 1.165) is 31.6 Å². The van der Waals surface area contributed by atoms with Gasteiger partial charge in [-0.3, -0.25) is 10.1 Å². The molecule has 1 aliphatic rings. The maximum Gasteiger partial charge on any atom is 0.249 e. The number of aromatic hydroxyl groups is 1. The van der Waals surface area contributed by atoms with E-state index in [4.69, 9.17) is 4.74 Å². The summed E-state index contributed by atoms with van der Waals surface area (Å²) in [6.45, 7) is 7.97. The van der Waals surface area contributed by atoms with E-state index >= 15 is 0 Å². The number of anilines is 1. The monoisotopic (exact) mass is 390 g/mol. The summed E-state index contributed by atoms with van der Waals surface area (Å²) in [5, 5.41) is 17.2. The minimum absolute atomic E-state index is 0.107. The van der Waals surface area contributed by atoms with Crippen LogP contribution in [-0.2, 0) is 16.1 Å². The third-order valence-corrected chi connectivity index (χ3v) is 6.08. The number of carbonyl (C=O) groups is 1. The topological polar surface area (TPSA) is 89.3 Å². The molecular weight excluding hydrogens is 364 g/mol. The molecule has 0 radical (unpaired) electrons. The van der Waals surface area contributed by atoms with Crippen LogP contribution in [0.4, 0.5) is 5.95 Å². The standard InChI is InChI=1S/C19H26N4O3S/c1-4-23-16(13-5-7-14(24)8-6-13)20-18(22-23)21-17(25)19(2,3)27-15-9-11-26-12-10-15/h5-8,15,24H,4,9-12H2,1-3H3,(H,21,22,25). The van der Waals surface area contributed by atoms with Crippen molar-refractivity contribution in [2.24, 2.45) is 0 Å². The Labute approximate surface area is 163 Å². The van der Waals surface area contributed by atoms with Gasteiger partial charge in [-0.1, -0.05) is 0 Å². The second-order valence-corrected chi connectivity index (χ2v) is 8.94. The Morgan fingerprint density at radius 3 is 2.63 bits per heavy atom. The van der Waals surface area contributed by atoms with Crippen molar-refractivity contribution in [2.75, 3.05) is 18.5 Å². The maximum atomic E-state index is 12.8. The highest BCUT2D eigenvalue weighted by Crippen LogP contribution is 2.34. The van der Waals surface area contributed by atoms with E-state index in [1.807, 2.05) is 20.8 Å². The lowest BCUT2D eigenvalue weighted by molar-refractivity contribution is -0.117. The predicted octanol–water partition coefficient (Wildman–Crippen LogP) is 3.30. The van der Waals surface area contributed by atoms with E-state index in [1.165, 1.54) is 0 Å². The maximum absolute atomic E-state index is 12.8. The fraction of sp³-hybridized carbons (Fsp3) is 0.526. The Morgan fingerprint density at radius 2 is 2.00 bits per heavy atom. The van der Waals surface area contributed by atoms with Crippen LogP contribution in [0.15, 0.2) is 24.3 Å². The van der Waals surface area contributed by atoms with Crippen LogP contribution in [0, 0.1) is 0 Å². The van der Waals surface area contributed by atoms with Gasteiger partial charge in [0.1, 0.15) is 5.75 Å². The molecule has 1 aromatic carbocycles. The molecule has 7 nitrogen and oxygen atoms in total. The van der Waals surface area contributed by atoms with Crippen LogP contribution in [-0.4, -0.2) is 49.0 Å². The Morgan fingerprint density at radius 1 is 1.33 bits per heavy atom. The zero-order valence-corrected chi connectivity index (χ0v) is 16.8. The largest absolute Gasteiger partial charge is 0.508 e. The number of benzene rings is 1. The summed E-state index contributed by atoms with van der Waals surface area (Å²) in [5.41, 5.74) is 0.832. The van der Waals surface area contributed by atoms with Gasteiger partial charge in [0.15, 0.2) is 5.82 Å². The lowest BCUT2D eigenvalue weighted by atomic mass is 10.2. The average molecular weight is 391 g/mol. The van der Waals surface area contributed by atoms with Crippen molar-refractivity contribution in [2.45, 2.75) is 50.2 Å². The first-order valence-corrected chi connectivity index (χ1v) is 10.1. The fourth-order valence-electron chi connectivity index (χ4n) is 2.96. The van der Waals surface area contributed by atoms with E-state index in [1.54, 1.807) is 40.7 Å². The van der Waals surface area contributed by atoms with Crippen LogP contribution in [0.5, 0.6) is 5.75 Å². The van der Waals surface area contributed by atoms with Gasteiger partial charge >= 0.3 is 0 Å². The van der Waals surface area contributed by atoms with E-state index in [0.29, 0.717) is 23.6 Å². The smallest absolute Gasteiger partial charge is 0.249 e. The van der Waals surface area contributed by atoms with Crippen molar-refractivity contribution in [3.05, 3.63) is 24.3 Å². The number of nitrogens with one attached hydrogen (secondary N) is 1. The molecule has 0 aliphatic carbocycles. The van der Waals surface area contributed by atoms with Gasteiger partial charge in [-0.15, -0.1) is 16.9 Å². The molecule has 1 aromatic heterocycles. The molecule has 0 saturated carbocycles. The Balaban J connectivity index is 1.72. The summed E-state index contributed by atoms with van der Waals surface area (Å²) in [7, 11) is 0. The number of hydrogen-bond acceptors (Lipinski definition) is 6. The summed E-state index contributed by atoms with van der Waals surface area (Å²) in [4.78, 5) is 17.3. The molecule has 27 heavy (non-hydrogen) atoms. The number of phenols is 1. The van der Waals surface area contributed by atoms with Crippen molar-refractivity contribution in [1.29, 1.82) is 0 Å². The van der Waals surface area contributed by atoms with Gasteiger partial charge in [0.2, 0.25) is 11.9 Å². The van der Waals surface area contributed by atoms with Crippen molar-refractivity contribution in [1.82, 2.24) is 14.8 Å². The number of aryl methyl sites for hydroxylation is 1. The molecule has 1 aliphatic heterocycles. The molecule has 1 amide bonds. The summed E-state index contributed by atoms with van der Waals surface area (Å²) >= 11 is 1.68. The molecule has 3 rings (SSSR count). The van der Waals surface area contributed by atoms with Crippen LogP contribution >= 0.6 is 11.8 Å². The number of carbonyl (C=O) groups excluding carboxylic acids is 1. The molecule has 8 heteroatoms. The molecule has 2 aromatic rings. The van der Waals surface area contributed by atoms with Crippen LogP contribution < -0.4 is 5.32 Å². The highest BCUT2D eigenvalue weighted by Gasteiger charge is 2.33. The zero-order valence-electron chi connectivity index (χ0n) is 15.9. The Hall–Kier alpha value is -2.06. The molecule has 0 unspecified atom stereocenters. The third kappa shape index (κ3) is 4.81. The molecule has 1 fully saturated rings. The minimum atomic E-state index is -0.585. The fourth-order valence-corrected chi connectivity index (χ4v) is 4.38. The Kier molecular flexibility index (Phi) is 6.06. The van der Waals surface area contributed by atoms with E-state index in [9.17, 15) is 9.90 Å². The second-order valence-electron chi connectivity index (χ2n) is 7.02. The van der Waals surface area contributed by atoms with E-state index in [2.05, 4.69) is 15.4 Å². The minimum Gasteiger partial charge on any atom is -0.508 e. The number of nitrogens with zero attached hydrogens (tertiary/aromatic N) is 3. The summed E-state index contributed by atoms with van der Waals surface area (Å²) < 4.78 is 6.55.